The van der Waals surface area contributed by atoms with Crippen molar-refractivity contribution in [2.24, 2.45) is 11.8 Å². The van der Waals surface area contributed by atoms with Gasteiger partial charge in [-0.3, -0.25) is 0 Å². The van der Waals surface area contributed by atoms with Gasteiger partial charge in [0.25, 0.3) is 0 Å². The number of thiophene rings is 1. The Bertz CT molecular complexity index is 519. The summed E-state index contributed by atoms with van der Waals surface area (Å²) in [5, 5.41) is 10.4. The zero-order valence-corrected chi connectivity index (χ0v) is 12.1. The smallest absolute Gasteiger partial charge is 0.347 e. The third kappa shape index (κ3) is 3.54. The van der Waals surface area contributed by atoms with Crippen molar-refractivity contribution >= 4 is 27.3 Å². The lowest BCUT2D eigenvalue weighted by Gasteiger charge is -2.16. The first kappa shape index (κ1) is 15.1. The van der Waals surface area contributed by atoms with E-state index >= 15 is 0 Å². The predicted octanol–water partition coefficient (Wildman–Crippen LogP) is 2.02. The quantitative estimate of drug-likeness (QED) is 0.840. The summed E-state index contributed by atoms with van der Waals surface area (Å²) in [5.74, 6) is -0.678. The van der Waals surface area contributed by atoms with Crippen LogP contribution in [0.1, 0.15) is 30.4 Å². The molecule has 0 aromatic carbocycles. The highest BCUT2D eigenvalue weighted by Gasteiger charge is 2.24. The van der Waals surface area contributed by atoms with Gasteiger partial charge in [0, 0.05) is 6.54 Å². The Kier molecular flexibility index (Phi) is 4.89. The zero-order chi connectivity index (χ0) is 13.9. The van der Waals surface area contributed by atoms with Crippen LogP contribution >= 0.6 is 11.3 Å². The molecule has 0 saturated heterocycles. The Morgan fingerprint density at radius 3 is 2.56 bits per heavy atom. The number of aromatic carboxylic acids is 1. The number of hydrogen-bond donors (Lipinski definition) is 2. The normalized spacial score (nSPS) is 13.8. The highest BCUT2D eigenvalue weighted by Crippen LogP contribution is 2.22. The van der Waals surface area contributed by atoms with Gasteiger partial charge < -0.3 is 5.11 Å². The number of sulfonamides is 1. The Morgan fingerprint density at radius 1 is 1.44 bits per heavy atom. The van der Waals surface area contributed by atoms with Gasteiger partial charge in [-0.05, 0) is 23.3 Å². The molecule has 0 aliphatic heterocycles. The molecule has 1 atom stereocenters. The van der Waals surface area contributed by atoms with Crippen LogP contribution in [0.2, 0.25) is 0 Å². The average molecular weight is 291 g/mol. The molecule has 1 heterocycles. The maximum Gasteiger partial charge on any atom is 0.347 e. The lowest BCUT2D eigenvalue weighted by molar-refractivity contribution is 0.0698. The fourth-order valence-electron chi connectivity index (χ4n) is 1.22. The van der Waals surface area contributed by atoms with E-state index in [1.165, 1.54) is 11.4 Å². The maximum absolute atomic E-state index is 12.0. The van der Waals surface area contributed by atoms with Crippen LogP contribution in [-0.2, 0) is 10.0 Å². The molecule has 18 heavy (non-hydrogen) atoms. The van der Waals surface area contributed by atoms with E-state index in [-0.39, 0.29) is 15.7 Å². The number of hydrogen-bond acceptors (Lipinski definition) is 4. The van der Waals surface area contributed by atoms with E-state index in [2.05, 4.69) is 4.72 Å². The van der Waals surface area contributed by atoms with E-state index in [1.807, 2.05) is 20.8 Å². The highest BCUT2D eigenvalue weighted by molar-refractivity contribution is 7.89. The second-order valence-electron chi connectivity index (χ2n) is 4.49. The minimum absolute atomic E-state index is 0.153. The lowest BCUT2D eigenvalue weighted by Crippen LogP contribution is -2.30. The number of carbonyl (C=O) groups is 1. The highest BCUT2D eigenvalue weighted by atomic mass is 32.2. The fourth-order valence-corrected chi connectivity index (χ4v) is 3.62. The van der Waals surface area contributed by atoms with Crippen molar-refractivity contribution in [1.82, 2.24) is 4.72 Å². The van der Waals surface area contributed by atoms with E-state index in [9.17, 15) is 13.2 Å². The minimum Gasteiger partial charge on any atom is -0.477 e. The minimum atomic E-state index is -3.74. The van der Waals surface area contributed by atoms with Crippen molar-refractivity contribution in [3.63, 3.8) is 0 Å². The standard InChI is InChI=1S/C11H17NO4S2/c1-7(2)8(3)6-12-18(15,16)9-4-5-17-10(9)11(13)14/h4-5,7-8,12H,6H2,1-3H3,(H,13,14). The molecular formula is C11H17NO4S2. The van der Waals surface area contributed by atoms with Gasteiger partial charge in [-0.15, -0.1) is 11.3 Å². The second-order valence-corrected chi connectivity index (χ2v) is 7.14. The third-order valence-electron chi connectivity index (χ3n) is 2.85. The molecule has 0 aliphatic carbocycles. The summed E-state index contributed by atoms with van der Waals surface area (Å²) in [7, 11) is -3.74. The summed E-state index contributed by atoms with van der Waals surface area (Å²) in [6.45, 7) is 6.26. The van der Waals surface area contributed by atoms with Crippen molar-refractivity contribution in [2.45, 2.75) is 25.7 Å². The summed E-state index contributed by atoms with van der Waals surface area (Å²) < 4.78 is 26.4. The van der Waals surface area contributed by atoms with Gasteiger partial charge in [0.1, 0.15) is 9.77 Å². The van der Waals surface area contributed by atoms with Crippen LogP contribution < -0.4 is 4.72 Å². The summed E-state index contributed by atoms with van der Waals surface area (Å²) in [5.41, 5.74) is 0. The molecule has 102 valence electrons. The third-order valence-corrected chi connectivity index (χ3v) is 5.34. The Labute approximate surface area is 111 Å². The van der Waals surface area contributed by atoms with Gasteiger partial charge in [-0.1, -0.05) is 20.8 Å². The summed E-state index contributed by atoms with van der Waals surface area (Å²) in [4.78, 5) is 10.6. The van der Waals surface area contributed by atoms with Crippen molar-refractivity contribution in [3.8, 4) is 0 Å². The molecule has 1 aromatic rings. The van der Waals surface area contributed by atoms with Crippen LogP contribution in [0.4, 0.5) is 0 Å². The number of carboxylic acids is 1. The van der Waals surface area contributed by atoms with E-state index in [4.69, 9.17) is 5.11 Å². The SMILES string of the molecule is CC(C)C(C)CNS(=O)(=O)c1ccsc1C(=O)O. The van der Waals surface area contributed by atoms with Crippen LogP contribution in [0, 0.1) is 11.8 Å². The van der Waals surface area contributed by atoms with Gasteiger partial charge >= 0.3 is 5.97 Å². The molecule has 0 fully saturated rings. The van der Waals surface area contributed by atoms with E-state index in [0.717, 1.165) is 11.3 Å². The van der Waals surface area contributed by atoms with Crippen LogP contribution in [-0.4, -0.2) is 26.0 Å². The average Bonchev–Trinajstić information content (AvgIpc) is 2.75. The molecule has 0 amide bonds. The van der Waals surface area contributed by atoms with Gasteiger partial charge in [0.15, 0.2) is 0 Å². The van der Waals surface area contributed by atoms with Crippen molar-refractivity contribution < 1.29 is 18.3 Å². The molecule has 0 bridgehead atoms. The monoisotopic (exact) mass is 291 g/mol. The molecule has 5 nitrogen and oxygen atoms in total. The van der Waals surface area contributed by atoms with Gasteiger partial charge in [-0.2, -0.15) is 0 Å². The molecular weight excluding hydrogens is 274 g/mol. The second kappa shape index (κ2) is 5.81. The zero-order valence-electron chi connectivity index (χ0n) is 10.5. The summed E-state index contributed by atoms with van der Waals surface area (Å²) in [6, 6.07) is 1.32. The molecule has 7 heteroatoms. The van der Waals surface area contributed by atoms with Crippen molar-refractivity contribution in [3.05, 3.63) is 16.3 Å². The summed E-state index contributed by atoms with van der Waals surface area (Å²) in [6.07, 6.45) is 0. The Balaban J connectivity index is 2.87. The Morgan fingerprint density at radius 2 is 2.06 bits per heavy atom. The number of nitrogens with one attached hydrogen (secondary N) is 1. The van der Waals surface area contributed by atoms with Crippen LogP contribution in [0.3, 0.4) is 0 Å². The molecule has 2 N–H and O–H groups in total. The van der Waals surface area contributed by atoms with Crippen LogP contribution in [0.5, 0.6) is 0 Å². The molecule has 1 aromatic heterocycles. The van der Waals surface area contributed by atoms with Gasteiger partial charge in [0.05, 0.1) is 0 Å². The van der Waals surface area contributed by atoms with Crippen LogP contribution in [0.25, 0.3) is 0 Å². The first-order chi connectivity index (χ1) is 8.25. The molecule has 0 spiro atoms. The summed E-state index contributed by atoms with van der Waals surface area (Å²) >= 11 is 0.906. The number of carboxylic acid groups (broad SMARTS) is 1. The van der Waals surface area contributed by atoms with Gasteiger partial charge in [0.2, 0.25) is 10.0 Å². The lowest BCUT2D eigenvalue weighted by atomic mass is 9.99. The van der Waals surface area contributed by atoms with Crippen LogP contribution in [0.15, 0.2) is 16.3 Å². The van der Waals surface area contributed by atoms with Crippen molar-refractivity contribution in [1.29, 1.82) is 0 Å². The maximum atomic E-state index is 12.0. The molecule has 0 saturated carbocycles. The van der Waals surface area contributed by atoms with Crippen molar-refractivity contribution in [2.75, 3.05) is 6.54 Å². The van der Waals surface area contributed by atoms with E-state index < -0.39 is 16.0 Å². The topological polar surface area (TPSA) is 83.5 Å². The number of rotatable bonds is 6. The molecule has 1 rings (SSSR count). The first-order valence-electron chi connectivity index (χ1n) is 5.56. The molecule has 1 unspecified atom stereocenters. The largest absolute Gasteiger partial charge is 0.477 e. The molecule has 0 aliphatic rings. The molecule has 0 radical (unpaired) electrons. The van der Waals surface area contributed by atoms with E-state index in [1.54, 1.807) is 0 Å². The Hall–Kier alpha value is -0.920. The van der Waals surface area contributed by atoms with Gasteiger partial charge in [-0.25, -0.2) is 17.9 Å². The van der Waals surface area contributed by atoms with E-state index in [0.29, 0.717) is 12.5 Å². The fraction of sp³-hybridized carbons (Fsp3) is 0.545. The first-order valence-corrected chi connectivity index (χ1v) is 7.92. The predicted molar refractivity (Wildman–Crippen MR) is 70.5 cm³/mol.